The molecule has 0 saturated carbocycles. The third-order valence-corrected chi connectivity index (χ3v) is 6.34. The molecule has 0 atom stereocenters. The third-order valence-electron chi connectivity index (χ3n) is 6.34. The molecule has 0 saturated heterocycles. The van der Waals surface area contributed by atoms with Gasteiger partial charge in [0.15, 0.2) is 0 Å². The van der Waals surface area contributed by atoms with Crippen molar-refractivity contribution >= 4 is 54.8 Å². The van der Waals surface area contributed by atoms with Crippen LogP contribution in [0.4, 0.5) is 5.69 Å². The van der Waals surface area contributed by atoms with Gasteiger partial charge >= 0.3 is 0 Å². The molecule has 0 spiro atoms. The fraction of sp³-hybridized carbons (Fsp3) is 0. The van der Waals surface area contributed by atoms with Crippen LogP contribution in [-0.2, 0) is 0 Å². The van der Waals surface area contributed by atoms with Crippen LogP contribution in [0.2, 0.25) is 0 Å². The molecule has 2 heterocycles. The first kappa shape index (κ1) is 17.3. The van der Waals surface area contributed by atoms with Gasteiger partial charge in [-0.15, -0.1) is 0 Å². The van der Waals surface area contributed by atoms with Gasteiger partial charge in [-0.2, -0.15) is 0 Å². The van der Waals surface area contributed by atoms with E-state index >= 15 is 0 Å². The maximum absolute atomic E-state index is 6.64. The zero-order valence-electron chi connectivity index (χ0n) is 17.2. The number of hydrogen-bond donors (Lipinski definition) is 1. The van der Waals surface area contributed by atoms with Gasteiger partial charge in [0, 0.05) is 27.4 Å². The Kier molecular flexibility index (Phi) is 3.39. The average molecular weight is 410 g/mol. The fourth-order valence-corrected chi connectivity index (χ4v) is 4.92. The van der Waals surface area contributed by atoms with Crippen LogP contribution < -0.4 is 5.73 Å². The van der Waals surface area contributed by atoms with Gasteiger partial charge in [-0.25, -0.2) is 9.97 Å². The van der Waals surface area contributed by atoms with Crippen LogP contribution in [0.3, 0.4) is 0 Å². The Hall–Kier alpha value is -4.44. The predicted molar refractivity (Wildman–Crippen MR) is 133 cm³/mol. The Morgan fingerprint density at radius 1 is 0.531 bits per heavy atom. The minimum absolute atomic E-state index is 0.799. The summed E-state index contributed by atoms with van der Waals surface area (Å²) in [6, 6.07) is 33.1. The first-order valence-corrected chi connectivity index (χ1v) is 10.7. The topological polar surface area (TPSA) is 56.2 Å². The van der Waals surface area contributed by atoms with Crippen molar-refractivity contribution in [1.29, 1.82) is 0 Å². The van der Waals surface area contributed by atoms with Gasteiger partial charge in [0.25, 0.3) is 0 Å². The summed E-state index contributed by atoms with van der Waals surface area (Å²) in [6.07, 6.45) is 0. The lowest BCUT2D eigenvalue weighted by Gasteiger charge is -2.16. The molecule has 4 nitrogen and oxygen atoms in total. The quantitative estimate of drug-likeness (QED) is 0.245. The first-order valence-electron chi connectivity index (χ1n) is 10.7. The Labute approximate surface area is 183 Å². The highest BCUT2D eigenvalue weighted by atomic mass is 15.1. The van der Waals surface area contributed by atoms with Crippen molar-refractivity contribution < 1.29 is 0 Å². The molecule has 4 heteroatoms. The number of nitrogens with zero attached hydrogens (tertiary/aromatic N) is 3. The van der Waals surface area contributed by atoms with Crippen LogP contribution in [0, 0.1) is 0 Å². The summed E-state index contributed by atoms with van der Waals surface area (Å²) in [6.45, 7) is 0. The Morgan fingerprint density at radius 2 is 1.06 bits per heavy atom. The maximum Gasteiger partial charge on any atom is 0.149 e. The van der Waals surface area contributed by atoms with E-state index in [4.69, 9.17) is 15.7 Å². The molecule has 0 aliphatic carbocycles. The lowest BCUT2D eigenvalue weighted by atomic mass is 9.94. The summed E-state index contributed by atoms with van der Waals surface area (Å²) in [5.74, 6) is 0.875. The lowest BCUT2D eigenvalue weighted by Crippen LogP contribution is -2.01. The lowest BCUT2D eigenvalue weighted by molar-refractivity contribution is 1.17. The second-order valence-electron chi connectivity index (χ2n) is 8.09. The van der Waals surface area contributed by atoms with Gasteiger partial charge in [0.1, 0.15) is 11.5 Å². The second kappa shape index (κ2) is 6.28. The van der Waals surface area contributed by atoms with Gasteiger partial charge in [-0.05, 0) is 35.0 Å². The van der Waals surface area contributed by atoms with E-state index in [-0.39, 0.29) is 0 Å². The van der Waals surface area contributed by atoms with Crippen molar-refractivity contribution in [3.63, 3.8) is 0 Å². The minimum atomic E-state index is 0.799. The molecule has 0 fully saturated rings. The number of fused-ring (bicyclic) bond motifs is 7. The van der Waals surface area contributed by atoms with Crippen LogP contribution in [0.25, 0.3) is 60.5 Å². The Morgan fingerprint density at radius 3 is 1.75 bits per heavy atom. The molecule has 0 bridgehead atoms. The molecule has 2 aromatic heterocycles. The van der Waals surface area contributed by atoms with E-state index in [0.29, 0.717) is 0 Å². The zero-order chi connectivity index (χ0) is 21.2. The van der Waals surface area contributed by atoms with Crippen molar-refractivity contribution in [3.05, 3.63) is 97.1 Å². The monoisotopic (exact) mass is 410 g/mol. The molecular weight excluding hydrogens is 392 g/mol. The standard InChI is InChI=1S/C28H18N4/c29-26-19-11-3-1-9-17(19)25(18-10-2-4-12-20(18)26)28-30-22-14-6-5-13-21(22)27-31-23-15-7-8-16-24(23)32(27)28/h1-16H,29H2. The predicted octanol–water partition coefficient (Wildman–Crippen LogP) is 6.59. The highest BCUT2D eigenvalue weighted by molar-refractivity contribution is 6.20. The van der Waals surface area contributed by atoms with E-state index in [1.54, 1.807) is 0 Å². The average Bonchev–Trinajstić information content (AvgIpc) is 3.24. The number of benzene rings is 5. The van der Waals surface area contributed by atoms with Crippen molar-refractivity contribution in [1.82, 2.24) is 14.4 Å². The van der Waals surface area contributed by atoms with Gasteiger partial charge in [-0.3, -0.25) is 4.40 Å². The fourth-order valence-electron chi connectivity index (χ4n) is 4.92. The van der Waals surface area contributed by atoms with Crippen LogP contribution in [0.1, 0.15) is 0 Å². The Bertz CT molecular complexity index is 1790. The number of aromatic nitrogens is 3. The van der Waals surface area contributed by atoms with Crippen LogP contribution in [0.5, 0.6) is 0 Å². The summed E-state index contributed by atoms with van der Waals surface area (Å²) >= 11 is 0. The summed E-state index contributed by atoms with van der Waals surface area (Å²) in [4.78, 5) is 10.2. The van der Waals surface area contributed by atoms with Crippen molar-refractivity contribution in [2.24, 2.45) is 0 Å². The molecule has 0 unspecified atom stereocenters. The van der Waals surface area contributed by atoms with Gasteiger partial charge in [0.2, 0.25) is 0 Å². The first-order chi connectivity index (χ1) is 15.8. The number of rotatable bonds is 1. The normalized spacial score (nSPS) is 11.9. The summed E-state index contributed by atoms with van der Waals surface area (Å²) < 4.78 is 2.20. The summed E-state index contributed by atoms with van der Waals surface area (Å²) in [5.41, 5.74) is 12.3. The van der Waals surface area contributed by atoms with Crippen LogP contribution in [0.15, 0.2) is 97.1 Å². The SMILES string of the molecule is Nc1c2ccccc2c(-c2nc3ccccc3c3nc4ccccc4n23)c2ccccc12. The van der Waals surface area contributed by atoms with Gasteiger partial charge < -0.3 is 5.73 Å². The molecule has 150 valence electrons. The van der Waals surface area contributed by atoms with Crippen molar-refractivity contribution in [2.75, 3.05) is 5.73 Å². The minimum Gasteiger partial charge on any atom is -0.398 e. The van der Waals surface area contributed by atoms with Crippen LogP contribution in [-0.4, -0.2) is 14.4 Å². The number of nitrogens with two attached hydrogens (primary N) is 1. The van der Waals surface area contributed by atoms with Gasteiger partial charge in [0.05, 0.1) is 16.6 Å². The van der Waals surface area contributed by atoms with Crippen molar-refractivity contribution in [3.8, 4) is 11.4 Å². The molecule has 0 aliphatic rings. The highest BCUT2D eigenvalue weighted by Crippen LogP contribution is 2.41. The molecule has 32 heavy (non-hydrogen) atoms. The van der Waals surface area contributed by atoms with E-state index in [9.17, 15) is 0 Å². The molecule has 0 amide bonds. The van der Waals surface area contributed by atoms with E-state index in [2.05, 4.69) is 71.1 Å². The van der Waals surface area contributed by atoms with Crippen molar-refractivity contribution in [2.45, 2.75) is 0 Å². The number of imidazole rings is 1. The maximum atomic E-state index is 6.64. The highest BCUT2D eigenvalue weighted by Gasteiger charge is 2.20. The van der Waals surface area contributed by atoms with E-state index in [0.717, 1.165) is 66.2 Å². The number of anilines is 1. The molecular formula is C28H18N4. The molecule has 7 rings (SSSR count). The van der Waals surface area contributed by atoms with E-state index < -0.39 is 0 Å². The third kappa shape index (κ3) is 2.21. The van der Waals surface area contributed by atoms with E-state index in [1.165, 1.54) is 0 Å². The van der Waals surface area contributed by atoms with E-state index in [1.807, 2.05) is 30.3 Å². The number of nitrogen functional groups attached to an aromatic ring is 1. The second-order valence-corrected chi connectivity index (χ2v) is 8.09. The molecule has 0 aliphatic heterocycles. The molecule has 7 aromatic rings. The molecule has 5 aromatic carbocycles. The number of para-hydroxylation sites is 3. The molecule has 0 radical (unpaired) electrons. The van der Waals surface area contributed by atoms with Crippen LogP contribution >= 0.6 is 0 Å². The number of hydrogen-bond acceptors (Lipinski definition) is 3. The smallest absolute Gasteiger partial charge is 0.149 e. The zero-order valence-corrected chi connectivity index (χ0v) is 17.2. The Balaban J connectivity index is 1.80. The summed E-state index contributed by atoms with van der Waals surface area (Å²) in [7, 11) is 0. The molecule has 2 N–H and O–H groups in total. The van der Waals surface area contributed by atoms with Gasteiger partial charge in [-0.1, -0.05) is 72.8 Å². The summed E-state index contributed by atoms with van der Waals surface area (Å²) in [5, 5.41) is 5.29. The largest absolute Gasteiger partial charge is 0.398 e.